The van der Waals surface area contributed by atoms with Crippen molar-refractivity contribution in [2.75, 3.05) is 26.4 Å². The van der Waals surface area contributed by atoms with Crippen molar-refractivity contribution < 1.29 is 54.5 Å². The molecule has 310 valence electrons. The van der Waals surface area contributed by atoms with E-state index in [2.05, 4.69) is 125 Å². The van der Waals surface area contributed by atoms with Gasteiger partial charge in [0.05, 0.1) is 12.1 Å². The van der Waals surface area contributed by atoms with Crippen molar-refractivity contribution in [1.29, 1.82) is 0 Å². The van der Waals surface area contributed by atoms with Gasteiger partial charge in [0.1, 0.15) is 0 Å². The molecule has 7 nitrogen and oxygen atoms in total. The maximum atomic E-state index is 5.57. The van der Waals surface area contributed by atoms with E-state index in [1.807, 2.05) is 0 Å². The van der Waals surface area contributed by atoms with Gasteiger partial charge in [-0.25, -0.2) is 5.32 Å². The molecule has 4 aliphatic heterocycles. The molecule has 1 atom stereocenters. The molecule has 8 bridgehead atoms. The Kier molecular flexibility index (Phi) is 22.7. The summed E-state index contributed by atoms with van der Waals surface area (Å²) in [7, 11) is 0. The largest absolute Gasteiger partial charge is 4.00 e. The fourth-order valence-corrected chi connectivity index (χ4v) is 9.41. The maximum absolute atomic E-state index is 5.57. The topological polar surface area (TPSA) is 87.2 Å². The van der Waals surface area contributed by atoms with Crippen molar-refractivity contribution in [3.8, 4) is 0 Å². The van der Waals surface area contributed by atoms with Gasteiger partial charge in [-0.3, -0.25) is 0 Å². The molecule has 6 radical (unpaired) electrons. The van der Waals surface area contributed by atoms with Crippen LogP contribution in [0.1, 0.15) is 187 Å². The predicted octanol–water partition coefficient (Wildman–Crippen LogP) is 7.32. The van der Waals surface area contributed by atoms with Crippen LogP contribution in [0.5, 0.6) is 0 Å². The molecule has 59 heavy (non-hydrogen) atoms. The summed E-state index contributed by atoms with van der Waals surface area (Å²) in [4.78, 5) is 21.4. The molecule has 3 aromatic rings. The number of fused-ring (bicyclic) bond motifs is 8. The van der Waals surface area contributed by atoms with E-state index < -0.39 is 0 Å². The van der Waals surface area contributed by atoms with Crippen LogP contribution in [0.15, 0.2) is 41.4 Å². The Bertz CT molecular complexity index is 1610. The van der Waals surface area contributed by atoms with Gasteiger partial charge >= 0.3 is 45.1 Å². The number of rotatable bonds is 10. The third-order valence-electron chi connectivity index (χ3n) is 13.4. The molecule has 0 N–H and O–H groups in total. The Morgan fingerprint density at radius 1 is 0.559 bits per heavy atom. The maximum Gasteiger partial charge on any atom is 4.00 e. The minimum absolute atomic E-state index is 0. The molecule has 7 heterocycles. The molecule has 4 aliphatic rings. The predicted molar refractivity (Wildman–Crippen MR) is 236 cm³/mol. The number of nitrogens with zero attached hydrogens (tertiary/aromatic N) is 5. The summed E-state index contributed by atoms with van der Waals surface area (Å²) in [6.07, 6.45) is 21.1. The first kappa shape index (κ1) is 54.6. The van der Waals surface area contributed by atoms with E-state index in [0.717, 1.165) is 130 Å². The fourth-order valence-electron chi connectivity index (χ4n) is 9.41. The Morgan fingerprint density at radius 2 is 0.864 bits per heavy atom. The molecule has 0 spiro atoms. The molecule has 3 saturated heterocycles. The van der Waals surface area contributed by atoms with Crippen LogP contribution in [0.3, 0.4) is 0 Å². The van der Waals surface area contributed by atoms with Gasteiger partial charge in [-0.2, -0.15) is 40.6 Å². The molecule has 10 heteroatoms. The van der Waals surface area contributed by atoms with Crippen LogP contribution in [-0.4, -0.2) is 57.0 Å². The molecule has 0 amide bonds. The summed E-state index contributed by atoms with van der Waals surface area (Å²) >= 11 is 0. The van der Waals surface area contributed by atoms with Crippen molar-refractivity contribution in [2.24, 2.45) is 4.99 Å². The van der Waals surface area contributed by atoms with E-state index in [1.165, 1.54) is 25.7 Å². The second-order valence-electron chi connectivity index (χ2n) is 17.2. The number of aliphatic imine (C=N–C) groups is 1. The van der Waals surface area contributed by atoms with Crippen LogP contribution in [0.4, 0.5) is 0 Å². The first-order valence-electron chi connectivity index (χ1n) is 22.2. The van der Waals surface area contributed by atoms with Gasteiger partial charge in [-0.15, -0.1) is 0 Å². The summed E-state index contributed by atoms with van der Waals surface area (Å²) in [5.41, 5.74) is 5.40. The van der Waals surface area contributed by atoms with Gasteiger partial charge in [0.15, 0.2) is 0 Å². The molecule has 0 aliphatic carbocycles. The van der Waals surface area contributed by atoms with Crippen LogP contribution in [-0.2, 0) is 57.3 Å². The van der Waals surface area contributed by atoms with Gasteiger partial charge in [0.25, 0.3) is 0 Å². The molecule has 1 unspecified atom stereocenters. The van der Waals surface area contributed by atoms with Gasteiger partial charge in [-0.05, 0) is 126 Å². The molecule has 3 fully saturated rings. The molecule has 3 aromatic heterocycles. The van der Waals surface area contributed by atoms with Crippen molar-refractivity contribution in [1.82, 2.24) is 20.3 Å². The first-order valence-corrected chi connectivity index (χ1v) is 22.2. The van der Waals surface area contributed by atoms with Crippen molar-refractivity contribution in [3.05, 3.63) is 95.5 Å². The smallest absolute Gasteiger partial charge is 0.664 e. The quantitative estimate of drug-likeness (QED) is 0.121. The van der Waals surface area contributed by atoms with Crippen LogP contribution in [0.2, 0.25) is 0 Å². The summed E-state index contributed by atoms with van der Waals surface area (Å²) in [6.45, 7) is 26.4. The van der Waals surface area contributed by atoms with E-state index in [-0.39, 0.29) is 91.1 Å². The molecule has 0 saturated carbocycles. The van der Waals surface area contributed by atoms with E-state index in [0.29, 0.717) is 0 Å². The molecular formula is C49H72Li2N5O2Zr+. The number of ether oxygens (including phenoxy) is 2. The number of aromatic nitrogens is 3. The average molecular weight is 868 g/mol. The van der Waals surface area contributed by atoms with Crippen LogP contribution < -0.4 is 39.1 Å². The third kappa shape index (κ3) is 11.6. The number of hydrogen-bond donors (Lipinski definition) is 0. The number of hydrogen-bond acceptors (Lipinski definition) is 3. The summed E-state index contributed by atoms with van der Waals surface area (Å²) in [5.74, 6) is 0. The minimum atomic E-state index is -0.358. The standard InChI is InChI=1S/C41H56N5.2C4H8O.2Li.Zr/c1-11-38(12-2)29-19-21-31(43-29)39(13-3,14-4)33-23-25-35(45-33)41(17-7,27-18-28-42-37(8,9)10)36-26-24-34(46-36)40(15-5,16-6)32-22-20-30(38)44-32;2*1-2-4-5-3-1;;;/h19-26H,11-18,27H2,1-10H3;2*1-4H2;;;/q-4;;;;+1;+4. The Hall–Kier alpha value is -0.532. The summed E-state index contributed by atoms with van der Waals surface area (Å²) in [6, 6.07) is 15.9. The average Bonchev–Trinajstić information content (AvgIpc) is 4.06. The first-order chi connectivity index (χ1) is 27.0. The zero-order valence-corrected chi connectivity index (χ0v) is 41.7. The third-order valence-corrected chi connectivity index (χ3v) is 13.4. The minimum Gasteiger partial charge on any atom is -0.664 e. The van der Waals surface area contributed by atoms with Gasteiger partial charge in [0, 0.05) is 50.8 Å². The zero-order chi connectivity index (χ0) is 40.5. The zero-order valence-electron chi connectivity index (χ0n) is 39.2. The Labute approximate surface area is 403 Å². The second kappa shape index (κ2) is 24.5. The van der Waals surface area contributed by atoms with Crippen molar-refractivity contribution >= 4 is 25.1 Å². The van der Waals surface area contributed by atoms with Crippen LogP contribution in [0, 0.1) is 24.9 Å². The fraction of sp³-hybridized carbons (Fsp3) is 0.653. The van der Waals surface area contributed by atoms with Gasteiger partial charge in [-0.1, -0.05) is 91.3 Å². The molecule has 0 aromatic carbocycles. The molecule has 7 rings (SSSR count). The summed E-state index contributed by atoms with van der Waals surface area (Å²) < 4.78 is 9.89. The second-order valence-corrected chi connectivity index (χ2v) is 17.2. The van der Waals surface area contributed by atoms with E-state index >= 15 is 0 Å². The van der Waals surface area contributed by atoms with Gasteiger partial charge < -0.3 is 35.6 Å². The Balaban J connectivity index is 0.000000806. The Morgan fingerprint density at radius 3 is 1.14 bits per heavy atom. The van der Waals surface area contributed by atoms with Crippen LogP contribution >= 0.6 is 0 Å². The van der Waals surface area contributed by atoms with E-state index in [9.17, 15) is 0 Å². The van der Waals surface area contributed by atoms with E-state index in [1.54, 1.807) is 0 Å². The van der Waals surface area contributed by atoms with Crippen LogP contribution in [0.25, 0.3) is 0 Å². The normalized spacial score (nSPS) is 22.0. The SMILES string of the molecule is C1CCOC1.C1CCOC1.CCC1(CC)[C]2[CH][CH][C]([N]2)C(CC)(CC)c2ccc([n-]2)C(CC)(CC[C-]=NC(C)(C)C)c2ccc([n-]2)C(CC)(CC)c2ccc1[n-]2.[Li+].[Li].[Zr+4]. The van der Waals surface area contributed by atoms with Crippen molar-refractivity contribution in [2.45, 2.75) is 180 Å². The van der Waals surface area contributed by atoms with E-state index in [4.69, 9.17) is 34.7 Å². The summed E-state index contributed by atoms with van der Waals surface area (Å²) in [5, 5.41) is 5.51. The molecular weight excluding hydrogens is 796 g/mol. The monoisotopic (exact) mass is 867 g/mol. The van der Waals surface area contributed by atoms with Crippen molar-refractivity contribution in [3.63, 3.8) is 0 Å². The van der Waals surface area contributed by atoms with Gasteiger partial charge in [0.2, 0.25) is 0 Å².